The van der Waals surface area contributed by atoms with Gasteiger partial charge >= 0.3 is 0 Å². The third-order valence-electron chi connectivity index (χ3n) is 4.44. The summed E-state index contributed by atoms with van der Waals surface area (Å²) in [5.41, 5.74) is 10.8. The maximum absolute atomic E-state index is 6.13. The van der Waals surface area contributed by atoms with Gasteiger partial charge in [0.05, 0.1) is 5.56 Å². The summed E-state index contributed by atoms with van der Waals surface area (Å²) in [6.07, 6.45) is 2.68. The highest BCUT2D eigenvalue weighted by molar-refractivity contribution is 5.83. The highest BCUT2D eigenvalue weighted by Gasteiger charge is 2.18. The lowest BCUT2D eigenvalue weighted by molar-refractivity contribution is 1.06. The fraction of sp³-hybridized carbons (Fsp3) is 0.150. The molecular formula is C20H20N6. The number of hydrogen-bond acceptors (Lipinski definition) is 5. The summed E-state index contributed by atoms with van der Waals surface area (Å²) in [7, 11) is 1.85. The predicted octanol–water partition coefficient (Wildman–Crippen LogP) is 3.67. The van der Waals surface area contributed by atoms with Crippen molar-refractivity contribution in [2.45, 2.75) is 13.3 Å². The Balaban J connectivity index is 2.03. The molecule has 0 amide bonds. The molecule has 0 saturated heterocycles. The van der Waals surface area contributed by atoms with Crippen molar-refractivity contribution in [2.24, 2.45) is 0 Å². The van der Waals surface area contributed by atoms with E-state index in [1.165, 1.54) is 5.56 Å². The van der Waals surface area contributed by atoms with E-state index in [-0.39, 0.29) is 0 Å². The smallest absolute Gasteiger partial charge is 0.167 e. The average Bonchev–Trinajstić information content (AvgIpc) is 3.06. The Kier molecular flexibility index (Phi) is 4.01. The second-order valence-electron chi connectivity index (χ2n) is 6.02. The van der Waals surface area contributed by atoms with Gasteiger partial charge in [0.1, 0.15) is 17.2 Å². The summed E-state index contributed by atoms with van der Waals surface area (Å²) in [6.45, 7) is 2.14. The van der Waals surface area contributed by atoms with Gasteiger partial charge in [-0.25, -0.2) is 15.0 Å². The number of nitrogens with one attached hydrogen (secondary N) is 1. The summed E-state index contributed by atoms with van der Waals surface area (Å²) in [6, 6.07) is 16.1. The second-order valence-corrected chi connectivity index (χ2v) is 6.02. The van der Waals surface area contributed by atoms with Gasteiger partial charge in [0.15, 0.2) is 11.5 Å². The molecule has 0 aliphatic rings. The van der Waals surface area contributed by atoms with Gasteiger partial charge < -0.3 is 11.1 Å². The fourth-order valence-corrected chi connectivity index (χ4v) is 3.01. The Labute approximate surface area is 151 Å². The lowest BCUT2D eigenvalue weighted by atomic mass is 10.1. The van der Waals surface area contributed by atoms with E-state index in [0.29, 0.717) is 5.82 Å². The van der Waals surface area contributed by atoms with Crippen LogP contribution in [-0.2, 0) is 6.42 Å². The number of imidazole rings is 1. The molecule has 26 heavy (non-hydrogen) atoms. The first-order chi connectivity index (χ1) is 12.7. The van der Waals surface area contributed by atoms with Crippen LogP contribution in [0.3, 0.4) is 0 Å². The molecule has 130 valence electrons. The minimum atomic E-state index is 0.447. The van der Waals surface area contributed by atoms with Crippen LogP contribution in [0.15, 0.2) is 54.7 Å². The van der Waals surface area contributed by atoms with Crippen LogP contribution in [0.1, 0.15) is 12.5 Å². The fourth-order valence-electron chi connectivity index (χ4n) is 3.01. The van der Waals surface area contributed by atoms with Gasteiger partial charge in [-0.1, -0.05) is 19.1 Å². The molecule has 0 spiro atoms. The third kappa shape index (κ3) is 2.65. The molecule has 6 heteroatoms. The summed E-state index contributed by atoms with van der Waals surface area (Å²) >= 11 is 0. The number of aryl methyl sites for hydroxylation is 1. The van der Waals surface area contributed by atoms with Gasteiger partial charge in [-0.15, -0.1) is 0 Å². The SMILES string of the molecule is CCc1ccc(-n2c(-c3cccnc3N)nc3ccc(NC)nc32)cc1. The van der Waals surface area contributed by atoms with E-state index < -0.39 is 0 Å². The van der Waals surface area contributed by atoms with Crippen LogP contribution in [0.2, 0.25) is 0 Å². The number of benzene rings is 1. The molecule has 3 heterocycles. The Morgan fingerprint density at radius 2 is 1.85 bits per heavy atom. The summed E-state index contributed by atoms with van der Waals surface area (Å²) < 4.78 is 2.03. The number of pyridine rings is 2. The largest absolute Gasteiger partial charge is 0.383 e. The maximum Gasteiger partial charge on any atom is 0.167 e. The van der Waals surface area contributed by atoms with E-state index >= 15 is 0 Å². The number of rotatable bonds is 4. The van der Waals surface area contributed by atoms with Crippen LogP contribution >= 0.6 is 0 Å². The van der Waals surface area contributed by atoms with Crippen molar-refractivity contribution >= 4 is 22.8 Å². The Bertz CT molecular complexity index is 1070. The number of fused-ring (bicyclic) bond motifs is 1. The van der Waals surface area contributed by atoms with Crippen molar-refractivity contribution in [3.63, 3.8) is 0 Å². The van der Waals surface area contributed by atoms with Crippen molar-refractivity contribution < 1.29 is 0 Å². The quantitative estimate of drug-likeness (QED) is 0.590. The van der Waals surface area contributed by atoms with E-state index in [1.807, 2.05) is 35.9 Å². The standard InChI is InChI=1S/C20H20N6/c1-3-13-6-8-14(9-7-13)26-19(15-5-4-12-23-18(15)21)24-16-10-11-17(22-2)25-20(16)26/h4-12H,3H2,1-2H3,(H2,21,23)(H,22,25). The minimum absolute atomic E-state index is 0.447. The minimum Gasteiger partial charge on any atom is -0.383 e. The van der Waals surface area contributed by atoms with Crippen molar-refractivity contribution in [3.05, 3.63) is 60.3 Å². The lowest BCUT2D eigenvalue weighted by Gasteiger charge is -2.11. The number of hydrogen-bond donors (Lipinski definition) is 2. The number of nitrogen functional groups attached to an aromatic ring is 1. The van der Waals surface area contributed by atoms with Gasteiger partial charge in [0, 0.05) is 18.9 Å². The van der Waals surface area contributed by atoms with E-state index in [2.05, 4.69) is 41.5 Å². The molecule has 3 aromatic heterocycles. The molecule has 0 unspecified atom stereocenters. The van der Waals surface area contributed by atoms with E-state index in [9.17, 15) is 0 Å². The number of nitrogens with two attached hydrogens (primary N) is 1. The molecule has 3 N–H and O–H groups in total. The zero-order chi connectivity index (χ0) is 18.1. The molecule has 4 aromatic rings. The summed E-state index contributed by atoms with van der Waals surface area (Å²) in [4.78, 5) is 13.7. The van der Waals surface area contributed by atoms with E-state index in [1.54, 1.807) is 6.20 Å². The van der Waals surface area contributed by atoms with Gasteiger partial charge in [0.25, 0.3) is 0 Å². The zero-order valence-electron chi connectivity index (χ0n) is 14.8. The molecule has 4 rings (SSSR count). The van der Waals surface area contributed by atoms with Gasteiger partial charge in [0.2, 0.25) is 0 Å². The first-order valence-corrected chi connectivity index (χ1v) is 8.58. The Morgan fingerprint density at radius 3 is 2.54 bits per heavy atom. The van der Waals surface area contributed by atoms with Crippen molar-refractivity contribution in [2.75, 3.05) is 18.1 Å². The Morgan fingerprint density at radius 1 is 1.04 bits per heavy atom. The molecule has 0 fully saturated rings. The normalized spacial score (nSPS) is 11.0. The second kappa shape index (κ2) is 6.48. The number of aromatic nitrogens is 4. The average molecular weight is 344 g/mol. The maximum atomic E-state index is 6.13. The van der Waals surface area contributed by atoms with Crippen LogP contribution in [0.5, 0.6) is 0 Å². The van der Waals surface area contributed by atoms with Gasteiger partial charge in [-0.3, -0.25) is 4.57 Å². The van der Waals surface area contributed by atoms with Crippen LogP contribution < -0.4 is 11.1 Å². The third-order valence-corrected chi connectivity index (χ3v) is 4.44. The monoisotopic (exact) mass is 344 g/mol. The van der Waals surface area contributed by atoms with E-state index in [4.69, 9.17) is 15.7 Å². The molecule has 0 aliphatic heterocycles. The highest BCUT2D eigenvalue weighted by atomic mass is 15.2. The molecule has 6 nitrogen and oxygen atoms in total. The van der Waals surface area contributed by atoms with Crippen LogP contribution in [0.25, 0.3) is 28.2 Å². The van der Waals surface area contributed by atoms with Gasteiger partial charge in [-0.05, 0) is 48.4 Å². The number of anilines is 2. The summed E-state index contributed by atoms with van der Waals surface area (Å²) in [5.74, 6) is 1.97. The van der Waals surface area contributed by atoms with E-state index in [0.717, 1.165) is 40.5 Å². The molecule has 0 atom stereocenters. The first kappa shape index (κ1) is 16.1. The molecule has 0 saturated carbocycles. The zero-order valence-corrected chi connectivity index (χ0v) is 14.8. The molecule has 0 radical (unpaired) electrons. The predicted molar refractivity (Wildman–Crippen MR) is 105 cm³/mol. The van der Waals surface area contributed by atoms with Crippen LogP contribution in [0, 0.1) is 0 Å². The van der Waals surface area contributed by atoms with Gasteiger partial charge in [-0.2, -0.15) is 0 Å². The molecule has 0 aliphatic carbocycles. The van der Waals surface area contributed by atoms with Crippen molar-refractivity contribution in [1.82, 2.24) is 19.5 Å². The first-order valence-electron chi connectivity index (χ1n) is 8.58. The molecular weight excluding hydrogens is 324 g/mol. The molecule has 0 bridgehead atoms. The Hall–Kier alpha value is -3.41. The molecule has 1 aromatic carbocycles. The van der Waals surface area contributed by atoms with Crippen molar-refractivity contribution in [3.8, 4) is 17.1 Å². The van der Waals surface area contributed by atoms with Crippen LogP contribution in [0.4, 0.5) is 11.6 Å². The lowest BCUT2D eigenvalue weighted by Crippen LogP contribution is -2.02. The van der Waals surface area contributed by atoms with Crippen LogP contribution in [-0.4, -0.2) is 26.6 Å². The topological polar surface area (TPSA) is 81.7 Å². The summed E-state index contributed by atoms with van der Waals surface area (Å²) in [5, 5.41) is 3.09. The number of nitrogens with zero attached hydrogens (tertiary/aromatic N) is 4. The van der Waals surface area contributed by atoms with Crippen molar-refractivity contribution in [1.29, 1.82) is 0 Å². The highest BCUT2D eigenvalue weighted by Crippen LogP contribution is 2.30.